The maximum atomic E-state index is 12.7. The Hall–Kier alpha value is -3.01. The lowest BCUT2D eigenvalue weighted by molar-refractivity contribution is 0.104. The van der Waals surface area contributed by atoms with Gasteiger partial charge in [0.1, 0.15) is 23.9 Å². The Morgan fingerprint density at radius 1 is 0.903 bits per heavy atom. The maximum Gasteiger partial charge on any atom is 0.185 e. The van der Waals surface area contributed by atoms with Crippen molar-refractivity contribution in [3.05, 3.63) is 71.8 Å². The fraction of sp³-hybridized carbons (Fsp3) is 0.370. The lowest BCUT2D eigenvalue weighted by Gasteiger charge is -2.16. The minimum atomic E-state index is -0.0694. The van der Waals surface area contributed by atoms with E-state index in [4.69, 9.17) is 14.2 Å². The number of ketones is 1. The first-order chi connectivity index (χ1) is 15.1. The van der Waals surface area contributed by atoms with Gasteiger partial charge in [0.2, 0.25) is 0 Å². The Labute approximate surface area is 186 Å². The zero-order valence-electron chi connectivity index (χ0n) is 19.0. The van der Waals surface area contributed by atoms with E-state index in [1.54, 1.807) is 36.4 Å². The van der Waals surface area contributed by atoms with Crippen LogP contribution in [-0.4, -0.2) is 25.6 Å². The monoisotopic (exact) mass is 422 g/mol. The van der Waals surface area contributed by atoms with Crippen molar-refractivity contribution < 1.29 is 19.0 Å². The van der Waals surface area contributed by atoms with Gasteiger partial charge < -0.3 is 14.2 Å². The summed E-state index contributed by atoms with van der Waals surface area (Å²) in [6.07, 6.45) is 8.89. The molecule has 0 aliphatic rings. The van der Waals surface area contributed by atoms with Crippen LogP contribution in [0.1, 0.15) is 61.5 Å². The second kappa shape index (κ2) is 13.3. The molecule has 166 valence electrons. The topological polar surface area (TPSA) is 44.8 Å². The minimum Gasteiger partial charge on any atom is -0.493 e. The molecule has 0 amide bonds. The highest BCUT2D eigenvalue weighted by molar-refractivity contribution is 6.07. The van der Waals surface area contributed by atoms with Gasteiger partial charge in [0.15, 0.2) is 5.78 Å². The number of carbonyl (C=O) groups excluding carboxylic acids is 1. The summed E-state index contributed by atoms with van der Waals surface area (Å²) >= 11 is 0. The van der Waals surface area contributed by atoms with Crippen LogP contribution < -0.4 is 14.2 Å². The summed E-state index contributed by atoms with van der Waals surface area (Å²) in [6, 6.07) is 11.2. The second-order valence-electron chi connectivity index (χ2n) is 7.27. The summed E-state index contributed by atoms with van der Waals surface area (Å²) in [5, 5.41) is 0. The molecule has 0 aromatic heterocycles. The van der Waals surface area contributed by atoms with Crippen LogP contribution in [0.4, 0.5) is 0 Å². The Morgan fingerprint density at radius 3 is 2.19 bits per heavy atom. The van der Waals surface area contributed by atoms with Crippen molar-refractivity contribution in [2.24, 2.45) is 0 Å². The molecule has 2 aromatic carbocycles. The van der Waals surface area contributed by atoms with Gasteiger partial charge in [0.25, 0.3) is 0 Å². The molecule has 0 spiro atoms. The predicted octanol–water partition coefficient (Wildman–Crippen LogP) is 6.68. The lowest BCUT2D eigenvalue weighted by atomic mass is 10.0. The number of hydrogen-bond donors (Lipinski definition) is 0. The second-order valence-corrected chi connectivity index (χ2v) is 7.27. The number of ether oxygens (including phenoxy) is 3. The molecule has 0 N–H and O–H groups in total. The fourth-order valence-electron chi connectivity index (χ4n) is 3.04. The SMILES string of the molecule is C=CCOc1ccc(C(=O)C=Cc2cc(CCC)c(OCCC)cc2OCCC)cc1. The minimum absolute atomic E-state index is 0.0694. The molecule has 0 saturated carbocycles. The van der Waals surface area contributed by atoms with Crippen LogP contribution in [0, 0.1) is 0 Å². The van der Waals surface area contributed by atoms with E-state index in [0.717, 1.165) is 48.3 Å². The van der Waals surface area contributed by atoms with Crippen molar-refractivity contribution in [2.75, 3.05) is 19.8 Å². The molecular formula is C27H34O4. The number of aryl methyl sites for hydroxylation is 1. The highest BCUT2D eigenvalue weighted by Crippen LogP contribution is 2.32. The van der Waals surface area contributed by atoms with Gasteiger partial charge in [-0.25, -0.2) is 0 Å². The Kier molecular flexibility index (Phi) is 10.4. The highest BCUT2D eigenvalue weighted by Gasteiger charge is 2.11. The molecule has 0 aliphatic carbocycles. The van der Waals surface area contributed by atoms with E-state index >= 15 is 0 Å². The molecule has 0 heterocycles. The van der Waals surface area contributed by atoms with E-state index in [1.165, 1.54) is 0 Å². The lowest BCUT2D eigenvalue weighted by Crippen LogP contribution is -2.03. The molecule has 0 atom stereocenters. The average molecular weight is 423 g/mol. The molecular weight excluding hydrogens is 388 g/mol. The first kappa shape index (κ1) is 24.3. The Balaban J connectivity index is 2.27. The zero-order valence-corrected chi connectivity index (χ0v) is 19.0. The van der Waals surface area contributed by atoms with Crippen molar-refractivity contribution >= 4 is 11.9 Å². The van der Waals surface area contributed by atoms with Crippen LogP contribution in [0.3, 0.4) is 0 Å². The number of carbonyl (C=O) groups is 1. The third-order valence-electron chi connectivity index (χ3n) is 4.56. The van der Waals surface area contributed by atoms with Crippen molar-refractivity contribution in [3.8, 4) is 17.2 Å². The largest absolute Gasteiger partial charge is 0.493 e. The molecule has 0 unspecified atom stereocenters. The van der Waals surface area contributed by atoms with E-state index in [0.29, 0.717) is 31.1 Å². The number of rotatable bonds is 14. The van der Waals surface area contributed by atoms with Gasteiger partial charge in [-0.05, 0) is 67.3 Å². The molecule has 0 saturated heterocycles. The highest BCUT2D eigenvalue weighted by atomic mass is 16.5. The number of benzene rings is 2. The molecule has 0 aliphatic heterocycles. The Morgan fingerprint density at radius 2 is 1.58 bits per heavy atom. The zero-order chi connectivity index (χ0) is 22.5. The molecule has 2 rings (SSSR count). The summed E-state index contributed by atoms with van der Waals surface area (Å²) in [4.78, 5) is 12.7. The van der Waals surface area contributed by atoms with E-state index in [1.807, 2.05) is 12.1 Å². The summed E-state index contributed by atoms with van der Waals surface area (Å²) < 4.78 is 17.4. The van der Waals surface area contributed by atoms with Gasteiger partial charge in [-0.3, -0.25) is 4.79 Å². The molecule has 0 fully saturated rings. The first-order valence-corrected chi connectivity index (χ1v) is 11.1. The molecule has 0 bridgehead atoms. The number of allylic oxidation sites excluding steroid dienone is 1. The van der Waals surface area contributed by atoms with E-state index in [-0.39, 0.29) is 5.78 Å². The Bertz CT molecular complexity index is 866. The normalized spacial score (nSPS) is 10.8. The molecule has 0 radical (unpaired) electrons. The quantitative estimate of drug-likeness (QED) is 0.194. The average Bonchev–Trinajstić information content (AvgIpc) is 2.80. The van der Waals surface area contributed by atoms with Crippen molar-refractivity contribution in [1.29, 1.82) is 0 Å². The molecule has 4 nitrogen and oxygen atoms in total. The number of hydrogen-bond acceptors (Lipinski definition) is 4. The van der Waals surface area contributed by atoms with E-state index in [2.05, 4.69) is 33.4 Å². The van der Waals surface area contributed by atoms with Gasteiger partial charge >= 0.3 is 0 Å². The third-order valence-corrected chi connectivity index (χ3v) is 4.56. The molecule has 31 heavy (non-hydrogen) atoms. The van der Waals surface area contributed by atoms with Crippen LogP contribution in [0.25, 0.3) is 6.08 Å². The molecule has 2 aromatic rings. The van der Waals surface area contributed by atoms with Crippen molar-refractivity contribution in [1.82, 2.24) is 0 Å². The van der Waals surface area contributed by atoms with E-state index in [9.17, 15) is 4.79 Å². The van der Waals surface area contributed by atoms with Gasteiger partial charge in [-0.2, -0.15) is 0 Å². The third kappa shape index (κ3) is 7.63. The van der Waals surface area contributed by atoms with E-state index < -0.39 is 0 Å². The van der Waals surface area contributed by atoms with Crippen LogP contribution >= 0.6 is 0 Å². The predicted molar refractivity (Wildman–Crippen MR) is 128 cm³/mol. The summed E-state index contributed by atoms with van der Waals surface area (Å²) in [5.41, 5.74) is 2.63. The smallest absolute Gasteiger partial charge is 0.185 e. The van der Waals surface area contributed by atoms with Gasteiger partial charge in [0, 0.05) is 17.2 Å². The van der Waals surface area contributed by atoms with Gasteiger partial charge in [-0.15, -0.1) is 0 Å². The summed E-state index contributed by atoms with van der Waals surface area (Å²) in [6.45, 7) is 11.7. The summed E-state index contributed by atoms with van der Waals surface area (Å²) in [5.74, 6) is 2.25. The van der Waals surface area contributed by atoms with Gasteiger partial charge in [-0.1, -0.05) is 39.8 Å². The van der Waals surface area contributed by atoms with Crippen molar-refractivity contribution in [3.63, 3.8) is 0 Å². The fourth-order valence-corrected chi connectivity index (χ4v) is 3.04. The summed E-state index contributed by atoms with van der Waals surface area (Å²) in [7, 11) is 0. The maximum absolute atomic E-state index is 12.7. The first-order valence-electron chi connectivity index (χ1n) is 11.1. The van der Waals surface area contributed by atoms with Crippen LogP contribution in [0.5, 0.6) is 17.2 Å². The van der Waals surface area contributed by atoms with Gasteiger partial charge in [0.05, 0.1) is 13.2 Å². The van der Waals surface area contributed by atoms with Crippen molar-refractivity contribution in [2.45, 2.75) is 46.5 Å². The van der Waals surface area contributed by atoms with Crippen LogP contribution in [-0.2, 0) is 6.42 Å². The van der Waals surface area contributed by atoms with Crippen LogP contribution in [0.2, 0.25) is 0 Å². The standard InChI is InChI=1S/C27H34O4/c1-5-9-22-19-23(27(31-18-8-4)20-26(22)30-17-7-3)12-15-25(28)21-10-13-24(14-11-21)29-16-6-2/h6,10-15,19-20H,2,5,7-9,16-18H2,1,3-4H3. The molecule has 4 heteroatoms. The van der Waals surface area contributed by atoms with Crippen LogP contribution in [0.15, 0.2) is 55.1 Å².